The molecule has 2 nitrogen and oxygen atoms in total. The second-order valence-corrected chi connectivity index (χ2v) is 4.07. The summed E-state index contributed by atoms with van der Waals surface area (Å²) in [5.41, 5.74) is 0. The Hall–Kier alpha value is -0.0800. The van der Waals surface area contributed by atoms with Crippen LogP contribution in [0, 0.1) is 0 Å². The monoisotopic (exact) mass is 201 g/mol. The van der Waals surface area contributed by atoms with Crippen molar-refractivity contribution in [2.45, 2.75) is 78.0 Å². The fourth-order valence-corrected chi connectivity index (χ4v) is 1.60. The molecule has 0 aliphatic rings. The predicted molar refractivity (Wildman–Crippen MR) is 62.3 cm³/mol. The summed E-state index contributed by atoms with van der Waals surface area (Å²) in [6, 6.07) is 0.518. The van der Waals surface area contributed by atoms with Crippen LogP contribution in [-0.4, -0.2) is 17.4 Å². The number of aliphatic hydroxyl groups excluding tert-OH is 1. The van der Waals surface area contributed by atoms with Gasteiger partial charge in [0.25, 0.3) is 0 Å². The van der Waals surface area contributed by atoms with Crippen LogP contribution in [0.15, 0.2) is 0 Å². The highest BCUT2D eigenvalue weighted by atomic mass is 16.3. The molecule has 86 valence electrons. The van der Waals surface area contributed by atoms with Gasteiger partial charge in [-0.1, -0.05) is 46.5 Å². The molecule has 0 aliphatic carbocycles. The third kappa shape index (κ3) is 7.34. The minimum absolute atomic E-state index is 0.311. The van der Waals surface area contributed by atoms with Gasteiger partial charge in [-0.15, -0.1) is 0 Å². The first-order chi connectivity index (χ1) is 6.74. The second-order valence-electron chi connectivity index (χ2n) is 4.07. The maximum atomic E-state index is 9.52. The zero-order valence-corrected chi connectivity index (χ0v) is 10.1. The fraction of sp³-hybridized carbons (Fsp3) is 1.00. The molecule has 0 spiro atoms. The van der Waals surface area contributed by atoms with Gasteiger partial charge in [-0.3, -0.25) is 5.32 Å². The fourth-order valence-electron chi connectivity index (χ4n) is 1.60. The average molecular weight is 201 g/mol. The summed E-state index contributed by atoms with van der Waals surface area (Å²) in [6.07, 6.45) is 7.90. The van der Waals surface area contributed by atoms with Crippen molar-refractivity contribution in [1.29, 1.82) is 0 Å². The molecule has 14 heavy (non-hydrogen) atoms. The van der Waals surface area contributed by atoms with Crippen molar-refractivity contribution in [3.8, 4) is 0 Å². The topological polar surface area (TPSA) is 32.3 Å². The zero-order chi connectivity index (χ0) is 10.8. The lowest BCUT2D eigenvalue weighted by atomic mass is 10.0. The maximum Gasteiger partial charge on any atom is 0.104 e. The van der Waals surface area contributed by atoms with Gasteiger partial charge in [-0.05, 0) is 19.3 Å². The molecule has 0 saturated carbocycles. The van der Waals surface area contributed by atoms with Crippen molar-refractivity contribution in [3.05, 3.63) is 0 Å². The highest BCUT2D eigenvalue weighted by Gasteiger charge is 2.10. The van der Waals surface area contributed by atoms with Crippen molar-refractivity contribution in [1.82, 2.24) is 5.32 Å². The molecule has 2 N–H and O–H groups in total. The molecule has 0 aromatic carbocycles. The quantitative estimate of drug-likeness (QED) is 0.562. The molecule has 2 heteroatoms. The standard InChI is InChI=1S/C12H27NO/c1-4-7-9-11(10-8-5-2)13-12(14)6-3/h11-14H,4-10H2,1-3H3. The van der Waals surface area contributed by atoms with Crippen LogP contribution in [0.3, 0.4) is 0 Å². The molecule has 0 aromatic heterocycles. The predicted octanol–water partition coefficient (Wildman–Crippen LogP) is 3.05. The first kappa shape index (κ1) is 13.9. The molecule has 1 atom stereocenters. The third-order valence-electron chi connectivity index (χ3n) is 2.63. The van der Waals surface area contributed by atoms with E-state index in [0.29, 0.717) is 6.04 Å². The zero-order valence-electron chi connectivity index (χ0n) is 10.1. The highest BCUT2D eigenvalue weighted by molar-refractivity contribution is 4.68. The van der Waals surface area contributed by atoms with E-state index in [9.17, 15) is 5.11 Å². The highest BCUT2D eigenvalue weighted by Crippen LogP contribution is 2.09. The number of aliphatic hydroxyl groups is 1. The van der Waals surface area contributed by atoms with Gasteiger partial charge in [0.05, 0.1) is 0 Å². The van der Waals surface area contributed by atoms with Crippen LogP contribution in [0.25, 0.3) is 0 Å². The van der Waals surface area contributed by atoms with Gasteiger partial charge >= 0.3 is 0 Å². The molecular weight excluding hydrogens is 174 g/mol. The molecule has 0 aliphatic heterocycles. The van der Waals surface area contributed by atoms with Gasteiger partial charge in [-0.25, -0.2) is 0 Å². The summed E-state index contributed by atoms with van der Waals surface area (Å²) in [7, 11) is 0. The van der Waals surface area contributed by atoms with Gasteiger partial charge in [0.1, 0.15) is 6.23 Å². The summed E-state index contributed by atoms with van der Waals surface area (Å²) in [6.45, 7) is 6.44. The lowest BCUT2D eigenvalue weighted by Crippen LogP contribution is -2.37. The Labute approximate surface area is 89.1 Å². The van der Waals surface area contributed by atoms with Gasteiger partial charge in [-0.2, -0.15) is 0 Å². The average Bonchev–Trinajstić information content (AvgIpc) is 2.21. The minimum atomic E-state index is -0.311. The van der Waals surface area contributed by atoms with Gasteiger partial charge in [0.2, 0.25) is 0 Å². The minimum Gasteiger partial charge on any atom is -0.379 e. The van der Waals surface area contributed by atoms with Crippen LogP contribution < -0.4 is 5.32 Å². The van der Waals surface area contributed by atoms with E-state index in [1.807, 2.05) is 6.92 Å². The van der Waals surface area contributed by atoms with E-state index in [0.717, 1.165) is 6.42 Å². The summed E-state index contributed by atoms with van der Waals surface area (Å²) < 4.78 is 0. The number of rotatable bonds is 9. The summed E-state index contributed by atoms with van der Waals surface area (Å²) in [5, 5.41) is 12.8. The Bertz CT molecular complexity index is 109. The van der Waals surface area contributed by atoms with E-state index in [1.165, 1.54) is 38.5 Å². The Balaban J connectivity index is 3.71. The number of hydrogen-bond acceptors (Lipinski definition) is 2. The third-order valence-corrected chi connectivity index (χ3v) is 2.63. The Kier molecular flexibility index (Phi) is 9.42. The lowest BCUT2D eigenvalue weighted by molar-refractivity contribution is 0.113. The molecule has 0 rings (SSSR count). The van der Waals surface area contributed by atoms with E-state index in [2.05, 4.69) is 19.2 Å². The smallest absolute Gasteiger partial charge is 0.104 e. The molecule has 0 radical (unpaired) electrons. The second kappa shape index (κ2) is 9.47. The van der Waals surface area contributed by atoms with Crippen LogP contribution in [-0.2, 0) is 0 Å². The van der Waals surface area contributed by atoms with Crippen molar-refractivity contribution in [2.75, 3.05) is 0 Å². The van der Waals surface area contributed by atoms with E-state index >= 15 is 0 Å². The molecule has 0 bridgehead atoms. The SMILES string of the molecule is CCCCC(CCCC)NC(O)CC. The summed E-state index contributed by atoms with van der Waals surface area (Å²) in [4.78, 5) is 0. The van der Waals surface area contributed by atoms with Crippen LogP contribution in [0.1, 0.15) is 65.7 Å². The molecule has 0 amide bonds. The Morgan fingerprint density at radius 2 is 1.50 bits per heavy atom. The van der Waals surface area contributed by atoms with E-state index in [1.54, 1.807) is 0 Å². The molecule has 0 heterocycles. The maximum absolute atomic E-state index is 9.52. The van der Waals surface area contributed by atoms with E-state index in [-0.39, 0.29) is 6.23 Å². The van der Waals surface area contributed by atoms with Crippen LogP contribution in [0.4, 0.5) is 0 Å². The number of unbranched alkanes of at least 4 members (excludes halogenated alkanes) is 2. The van der Waals surface area contributed by atoms with Crippen molar-refractivity contribution < 1.29 is 5.11 Å². The first-order valence-electron chi connectivity index (χ1n) is 6.18. The molecular formula is C12H27NO. The van der Waals surface area contributed by atoms with Crippen molar-refractivity contribution in [3.63, 3.8) is 0 Å². The molecule has 1 unspecified atom stereocenters. The normalized spacial score (nSPS) is 13.5. The van der Waals surface area contributed by atoms with Crippen LogP contribution in [0.2, 0.25) is 0 Å². The van der Waals surface area contributed by atoms with Gasteiger partial charge in [0, 0.05) is 6.04 Å². The first-order valence-corrected chi connectivity index (χ1v) is 6.18. The van der Waals surface area contributed by atoms with Gasteiger partial charge in [0.15, 0.2) is 0 Å². The largest absolute Gasteiger partial charge is 0.379 e. The Morgan fingerprint density at radius 1 is 1.00 bits per heavy atom. The Morgan fingerprint density at radius 3 is 1.86 bits per heavy atom. The van der Waals surface area contributed by atoms with Crippen molar-refractivity contribution >= 4 is 0 Å². The van der Waals surface area contributed by atoms with Gasteiger partial charge < -0.3 is 5.11 Å². The lowest BCUT2D eigenvalue weighted by Gasteiger charge is -2.21. The molecule has 0 aromatic rings. The van der Waals surface area contributed by atoms with Crippen molar-refractivity contribution in [2.24, 2.45) is 0 Å². The molecule has 0 saturated heterocycles. The van der Waals surface area contributed by atoms with Crippen LogP contribution >= 0.6 is 0 Å². The summed E-state index contributed by atoms with van der Waals surface area (Å²) in [5.74, 6) is 0. The molecule has 0 fully saturated rings. The van der Waals surface area contributed by atoms with E-state index in [4.69, 9.17) is 0 Å². The van der Waals surface area contributed by atoms with Crippen LogP contribution in [0.5, 0.6) is 0 Å². The van der Waals surface area contributed by atoms with E-state index < -0.39 is 0 Å². The number of hydrogen-bond donors (Lipinski definition) is 2. The summed E-state index contributed by atoms with van der Waals surface area (Å²) >= 11 is 0. The number of nitrogens with one attached hydrogen (secondary N) is 1.